The predicted octanol–water partition coefficient (Wildman–Crippen LogP) is 20.1. The van der Waals surface area contributed by atoms with Gasteiger partial charge in [-0.25, -0.2) is 65.6 Å². The van der Waals surface area contributed by atoms with Crippen LogP contribution in [0.3, 0.4) is 0 Å². The van der Waals surface area contributed by atoms with Crippen molar-refractivity contribution < 1.29 is 69.5 Å². The standard InChI is InChI=1S/C24H25FN4O3S.C23H22F2N4O2S.C22H19F3N4O2S.C22H22N4O3S/c1-15-13-22(28-33(30,31)16-8-9-18(19(25)14-16)24(2,3)4)29(27-15)20-10-11-21(32-5)23-17(20)7-6-12-26-23;1-23(2,3)15-9-11-16(12-10-15)32(30,31)28-21-14-19(22(24)25)27-29(21)20-8-4-7-18-17(20)6-5-13-26-18;1-14(2)15-6-8-17(9-7-15)32(30,31)28-21-12-20(22(23,24)25)27-29(21)19-5-3-4-16-13-26-11-10-18(16)19;1-15(2)29-18-7-9-19(10-8-18)30(27,28)25-22-13-16(3)24-26(22)21-6-4-5-17-14-23-12-11-20(17)21/h6-14,28H,1-5H3;4-14,22,28H,1-3H3;3-14,28H,1-2H3;4-15,25H,1-3H3. The summed E-state index contributed by atoms with van der Waals surface area (Å²) in [4.78, 5) is 16.7. The lowest BCUT2D eigenvalue weighted by molar-refractivity contribution is -0.141. The second kappa shape index (κ2) is 36.5. The van der Waals surface area contributed by atoms with Crippen molar-refractivity contribution in [3.05, 3.63) is 301 Å². The maximum atomic E-state index is 14.7. The average Bonchev–Trinajstić information content (AvgIpc) is 1.68. The van der Waals surface area contributed by atoms with Crippen molar-refractivity contribution in [1.82, 2.24) is 59.1 Å². The molecule has 4 N–H and O–H groups in total. The number of halogens is 6. The van der Waals surface area contributed by atoms with Crippen LogP contribution in [0, 0.1) is 19.7 Å². The Morgan fingerprint density at radius 2 is 0.874 bits per heavy atom. The first-order chi connectivity index (χ1) is 60.0. The summed E-state index contributed by atoms with van der Waals surface area (Å²) >= 11 is 0. The van der Waals surface area contributed by atoms with Crippen LogP contribution in [0.25, 0.3) is 66.1 Å². The summed E-state index contributed by atoms with van der Waals surface area (Å²) in [5.41, 5.74) is 4.70. The number of rotatable bonds is 21. The lowest BCUT2D eigenvalue weighted by Crippen LogP contribution is -2.18. The summed E-state index contributed by atoms with van der Waals surface area (Å²) in [6, 6.07) is 58.0. The molecule has 0 aliphatic heterocycles. The Balaban J connectivity index is 0.000000145. The van der Waals surface area contributed by atoms with E-state index in [9.17, 15) is 60.0 Å². The van der Waals surface area contributed by atoms with Gasteiger partial charge in [-0.2, -0.15) is 33.6 Å². The zero-order valence-electron chi connectivity index (χ0n) is 70.8. The van der Waals surface area contributed by atoms with E-state index in [4.69, 9.17) is 9.47 Å². The van der Waals surface area contributed by atoms with Crippen LogP contribution in [0.1, 0.15) is 121 Å². The van der Waals surface area contributed by atoms with E-state index in [0.717, 1.165) is 49.8 Å². The third kappa shape index (κ3) is 20.8. The Labute approximate surface area is 730 Å². The molecule has 0 amide bonds. The van der Waals surface area contributed by atoms with E-state index in [2.05, 4.69) is 59.2 Å². The maximum Gasteiger partial charge on any atom is 0.435 e. The highest BCUT2D eigenvalue weighted by Crippen LogP contribution is 2.38. The van der Waals surface area contributed by atoms with Gasteiger partial charge in [0.1, 0.15) is 51.8 Å². The molecule has 0 aliphatic carbocycles. The minimum Gasteiger partial charge on any atom is -0.494 e. The van der Waals surface area contributed by atoms with Crippen LogP contribution in [-0.2, 0) is 57.1 Å². The van der Waals surface area contributed by atoms with E-state index in [1.165, 1.54) is 64.1 Å². The first-order valence-corrected chi connectivity index (χ1v) is 45.4. The molecule has 658 valence electrons. The molecule has 0 aliphatic rings. The number of aryl methyl sites for hydroxylation is 2. The lowest BCUT2D eigenvalue weighted by atomic mass is 9.87. The number of alkyl halides is 5. The van der Waals surface area contributed by atoms with Crippen molar-refractivity contribution in [1.29, 1.82) is 0 Å². The van der Waals surface area contributed by atoms with Gasteiger partial charge in [-0.05, 0) is 195 Å². The first-order valence-electron chi connectivity index (χ1n) is 39.5. The minimum absolute atomic E-state index is 0.0128. The third-order valence-electron chi connectivity index (χ3n) is 19.8. The van der Waals surface area contributed by atoms with Gasteiger partial charge >= 0.3 is 6.18 Å². The molecule has 0 bridgehead atoms. The Morgan fingerprint density at radius 3 is 1.36 bits per heavy atom. The monoisotopic (exact) mass is 1810 g/mol. The fraction of sp³-hybridized carbons (Fsp3) is 0.209. The highest BCUT2D eigenvalue weighted by Gasteiger charge is 2.37. The largest absolute Gasteiger partial charge is 0.494 e. The van der Waals surface area contributed by atoms with Crippen LogP contribution in [0.4, 0.5) is 49.6 Å². The van der Waals surface area contributed by atoms with E-state index >= 15 is 0 Å². The molecule has 0 unspecified atom stereocenters. The highest BCUT2D eigenvalue weighted by molar-refractivity contribution is 7.93. The Morgan fingerprint density at radius 1 is 0.425 bits per heavy atom. The Kier molecular flexibility index (Phi) is 26.2. The minimum atomic E-state index is -4.75. The van der Waals surface area contributed by atoms with E-state index in [0.29, 0.717) is 78.9 Å². The maximum absolute atomic E-state index is 14.7. The number of hydrogen-bond donors (Lipinski definition) is 4. The molecule has 36 heteroatoms. The van der Waals surface area contributed by atoms with Crippen molar-refractivity contribution in [2.75, 3.05) is 26.0 Å². The van der Waals surface area contributed by atoms with Crippen molar-refractivity contribution in [3.63, 3.8) is 0 Å². The number of nitrogens with one attached hydrogen (secondary N) is 4. The Hall–Kier alpha value is -13.6. The molecule has 0 fully saturated rings. The molecule has 8 heterocycles. The van der Waals surface area contributed by atoms with Crippen LogP contribution in [0.5, 0.6) is 11.5 Å². The number of benzene rings is 8. The van der Waals surface area contributed by atoms with Crippen molar-refractivity contribution in [2.45, 2.75) is 138 Å². The molecule has 0 saturated heterocycles. The molecular weight excluding hydrogens is 1720 g/mol. The summed E-state index contributed by atoms with van der Waals surface area (Å²) in [6.45, 7) is 23.0. The second-order valence-electron chi connectivity index (χ2n) is 31.9. The number of aromatic nitrogens is 12. The molecule has 8 aromatic carbocycles. The summed E-state index contributed by atoms with van der Waals surface area (Å²) in [5.74, 6) is 1.02. The van der Waals surface area contributed by atoms with Crippen LogP contribution in [0.15, 0.2) is 275 Å². The van der Waals surface area contributed by atoms with Gasteiger partial charge < -0.3 is 9.47 Å². The van der Waals surface area contributed by atoms with Crippen LogP contribution < -0.4 is 28.4 Å². The fourth-order valence-corrected chi connectivity index (χ4v) is 17.7. The summed E-state index contributed by atoms with van der Waals surface area (Å²) in [5, 5.41) is 21.1. The highest BCUT2D eigenvalue weighted by atomic mass is 32.2. The van der Waals surface area contributed by atoms with Gasteiger partial charge in [0.15, 0.2) is 5.69 Å². The Bertz CT molecular complexity index is 7210. The SMILES string of the molecule is CC(C)(C)c1ccc(S(=O)(=O)Nc2cc(C(F)F)nn2-c2cccc3ncccc23)cc1.CC(C)c1ccc(S(=O)(=O)Nc2cc(C(F)(F)F)nn2-c2cccc3cnccc23)cc1.COc1ccc(-n2nc(C)cc2NS(=O)(=O)c2ccc(C(C)(C)C)c(F)c2)c2cccnc12.Cc1cc(NS(=O)(=O)c2ccc(OC(C)C)cc2)n(-c2cccc3cnccc23)n1. The number of nitrogens with zero attached hydrogens (tertiary/aromatic N) is 12. The number of pyridine rings is 4. The lowest BCUT2D eigenvalue weighted by Gasteiger charge is -2.20. The van der Waals surface area contributed by atoms with Gasteiger partial charge in [0.05, 0.1) is 72.4 Å². The molecule has 16 aromatic rings. The molecule has 0 atom stereocenters. The summed E-state index contributed by atoms with van der Waals surface area (Å²) < 4.78 is 212. The number of fused-ring (bicyclic) bond motifs is 4. The summed E-state index contributed by atoms with van der Waals surface area (Å²) in [6.07, 6.45) is 2.20. The molecule has 0 radical (unpaired) electrons. The number of ether oxygens (including phenoxy) is 2. The van der Waals surface area contributed by atoms with E-state index < -0.39 is 75.3 Å². The van der Waals surface area contributed by atoms with Crippen LogP contribution in [-0.4, -0.2) is 106 Å². The van der Waals surface area contributed by atoms with Gasteiger partial charge in [0.25, 0.3) is 46.5 Å². The second-order valence-corrected chi connectivity index (χ2v) is 38.6. The molecular formula is C91H88F6N16O10S4. The number of sulfonamides is 4. The smallest absolute Gasteiger partial charge is 0.435 e. The van der Waals surface area contributed by atoms with Gasteiger partial charge in [0, 0.05) is 93.8 Å². The van der Waals surface area contributed by atoms with Crippen LogP contribution >= 0.6 is 0 Å². The predicted molar refractivity (Wildman–Crippen MR) is 478 cm³/mol. The van der Waals surface area contributed by atoms with E-state index in [-0.39, 0.29) is 60.2 Å². The molecule has 0 spiro atoms. The fourth-order valence-electron chi connectivity index (χ4n) is 13.6. The normalized spacial score (nSPS) is 12.2. The molecule has 127 heavy (non-hydrogen) atoms. The zero-order chi connectivity index (χ0) is 91.5. The van der Waals surface area contributed by atoms with Crippen molar-refractivity contribution in [2.24, 2.45) is 0 Å². The number of anilines is 4. The molecule has 8 aromatic heterocycles. The van der Waals surface area contributed by atoms with Gasteiger partial charge in [-0.1, -0.05) is 116 Å². The zero-order valence-corrected chi connectivity index (χ0v) is 74.1. The molecule has 0 saturated carbocycles. The van der Waals surface area contributed by atoms with Gasteiger partial charge in [0.2, 0.25) is 0 Å². The topological polar surface area (TPSA) is 326 Å². The van der Waals surface area contributed by atoms with Crippen molar-refractivity contribution >= 4 is 107 Å². The molecule has 16 rings (SSSR count). The molecule has 26 nitrogen and oxygen atoms in total. The third-order valence-corrected chi connectivity index (χ3v) is 25.3. The first kappa shape index (κ1) is 91.1. The van der Waals surface area contributed by atoms with E-state index in [1.54, 1.807) is 171 Å². The quantitative estimate of drug-likeness (QED) is 0.0486. The van der Waals surface area contributed by atoms with Crippen molar-refractivity contribution in [3.8, 4) is 34.2 Å². The van der Waals surface area contributed by atoms with Gasteiger partial charge in [-0.15, -0.1) is 0 Å². The summed E-state index contributed by atoms with van der Waals surface area (Å²) in [7, 11) is -14.5. The van der Waals surface area contributed by atoms with E-state index in [1.807, 2.05) is 106 Å². The number of methoxy groups -OCH3 is 1. The van der Waals surface area contributed by atoms with Crippen LogP contribution in [0.2, 0.25) is 0 Å². The number of hydrogen-bond acceptors (Lipinski definition) is 18. The average molecular weight is 1810 g/mol. The van der Waals surface area contributed by atoms with Gasteiger partial charge in [-0.3, -0.25) is 38.8 Å².